The van der Waals surface area contributed by atoms with Crippen LogP contribution in [0.2, 0.25) is 0 Å². The molecule has 2 amide bonds. The number of amides is 2. The van der Waals surface area contributed by atoms with Crippen molar-refractivity contribution < 1.29 is 9.59 Å². The Morgan fingerprint density at radius 3 is 2.47 bits per heavy atom. The fraction of sp³-hybridized carbons (Fsp3) is 0.455. The number of hydrogen-bond donors (Lipinski definition) is 3. The van der Waals surface area contributed by atoms with E-state index >= 15 is 0 Å². The van der Waals surface area contributed by atoms with E-state index < -0.39 is 0 Å². The number of anilines is 3. The molecule has 1 spiro atoms. The third kappa shape index (κ3) is 3.81. The van der Waals surface area contributed by atoms with Gasteiger partial charge in [-0.3, -0.25) is 9.59 Å². The Bertz CT molecular complexity index is 931. The molecule has 3 heterocycles. The highest BCUT2D eigenvalue weighted by Gasteiger charge is 2.48. The molecule has 1 atom stereocenters. The van der Waals surface area contributed by atoms with Crippen LogP contribution in [-0.4, -0.2) is 41.4 Å². The maximum absolute atomic E-state index is 12.1. The zero-order valence-electron chi connectivity index (χ0n) is 16.9. The largest absolute Gasteiger partial charge is 0.355 e. The summed E-state index contributed by atoms with van der Waals surface area (Å²) < 4.78 is 0. The summed E-state index contributed by atoms with van der Waals surface area (Å²) in [5, 5.41) is 8.89. The van der Waals surface area contributed by atoms with Crippen molar-refractivity contribution in [2.45, 2.75) is 32.2 Å². The van der Waals surface area contributed by atoms with Gasteiger partial charge in [0.15, 0.2) is 0 Å². The number of nitrogens with zero attached hydrogens (tertiary/aromatic N) is 3. The van der Waals surface area contributed by atoms with E-state index in [0.717, 1.165) is 36.0 Å². The molecule has 2 saturated heterocycles. The van der Waals surface area contributed by atoms with Gasteiger partial charge in [-0.2, -0.15) is 0 Å². The first-order chi connectivity index (χ1) is 14.6. The molecule has 156 valence electrons. The van der Waals surface area contributed by atoms with Crippen molar-refractivity contribution in [3.8, 4) is 0 Å². The van der Waals surface area contributed by atoms with Crippen molar-refractivity contribution in [1.82, 2.24) is 20.6 Å². The highest BCUT2D eigenvalue weighted by Crippen LogP contribution is 2.48. The topological polar surface area (TPSA) is 99.2 Å². The van der Waals surface area contributed by atoms with Crippen molar-refractivity contribution in [3.63, 3.8) is 0 Å². The standard InChI is InChI=1S/C22H26N6O2/c29-19-8-16(10-23-19)20(30)24-9-15-2-4-17(5-3-15)27-18-11-25-21(26-12-18)28-13-22(14-28)6-1-7-22/h2-5,11-12,16,27H,1,6-10,13-14H2,(H,23,29)(H,24,30). The second kappa shape index (κ2) is 7.59. The first-order valence-electron chi connectivity index (χ1n) is 10.6. The zero-order valence-corrected chi connectivity index (χ0v) is 16.9. The number of hydrogen-bond acceptors (Lipinski definition) is 6. The van der Waals surface area contributed by atoms with E-state index in [1.165, 1.54) is 19.3 Å². The molecule has 0 bridgehead atoms. The number of carbonyl (C=O) groups excluding carboxylic acids is 2. The Kier molecular flexibility index (Phi) is 4.77. The van der Waals surface area contributed by atoms with Gasteiger partial charge in [0.25, 0.3) is 0 Å². The molecular weight excluding hydrogens is 380 g/mol. The molecule has 8 nitrogen and oxygen atoms in total. The lowest BCUT2D eigenvalue weighted by atomic mass is 9.64. The molecule has 0 radical (unpaired) electrons. The van der Waals surface area contributed by atoms with Gasteiger partial charge in [0.05, 0.1) is 24.0 Å². The molecule has 1 aromatic carbocycles. The van der Waals surface area contributed by atoms with Crippen molar-refractivity contribution in [2.24, 2.45) is 11.3 Å². The van der Waals surface area contributed by atoms with E-state index in [1.54, 1.807) is 0 Å². The van der Waals surface area contributed by atoms with Gasteiger partial charge in [-0.25, -0.2) is 9.97 Å². The molecule has 2 aliphatic heterocycles. The van der Waals surface area contributed by atoms with Gasteiger partial charge in [0, 0.05) is 43.7 Å². The van der Waals surface area contributed by atoms with E-state index in [4.69, 9.17) is 0 Å². The third-order valence-electron chi connectivity index (χ3n) is 6.45. The molecule has 1 aromatic heterocycles. The Morgan fingerprint density at radius 1 is 1.13 bits per heavy atom. The number of aromatic nitrogens is 2. The summed E-state index contributed by atoms with van der Waals surface area (Å²) in [6, 6.07) is 7.86. The first-order valence-corrected chi connectivity index (χ1v) is 10.6. The first kappa shape index (κ1) is 18.8. The van der Waals surface area contributed by atoms with Gasteiger partial charge in [-0.05, 0) is 30.5 Å². The Balaban J connectivity index is 1.11. The molecule has 8 heteroatoms. The number of nitrogens with one attached hydrogen (secondary N) is 3. The van der Waals surface area contributed by atoms with Crippen LogP contribution in [0.25, 0.3) is 0 Å². The number of benzene rings is 1. The molecule has 3 fully saturated rings. The van der Waals surface area contributed by atoms with E-state index in [2.05, 4.69) is 30.8 Å². The quantitative estimate of drug-likeness (QED) is 0.678. The van der Waals surface area contributed by atoms with Gasteiger partial charge in [-0.1, -0.05) is 18.6 Å². The van der Waals surface area contributed by atoms with Crippen LogP contribution < -0.4 is 20.9 Å². The summed E-state index contributed by atoms with van der Waals surface area (Å²) in [4.78, 5) is 34.6. The Labute approximate surface area is 175 Å². The summed E-state index contributed by atoms with van der Waals surface area (Å²) >= 11 is 0. The Morgan fingerprint density at radius 2 is 1.87 bits per heavy atom. The molecule has 1 aliphatic carbocycles. The lowest BCUT2D eigenvalue weighted by Crippen LogP contribution is -2.60. The smallest absolute Gasteiger partial charge is 0.225 e. The highest BCUT2D eigenvalue weighted by molar-refractivity contribution is 5.89. The van der Waals surface area contributed by atoms with E-state index in [0.29, 0.717) is 18.5 Å². The fourth-order valence-corrected chi connectivity index (χ4v) is 4.44. The van der Waals surface area contributed by atoms with E-state index in [-0.39, 0.29) is 24.2 Å². The summed E-state index contributed by atoms with van der Waals surface area (Å²) in [5.41, 5.74) is 3.34. The minimum Gasteiger partial charge on any atom is -0.355 e. The number of rotatable bonds is 6. The van der Waals surface area contributed by atoms with E-state index in [9.17, 15) is 9.59 Å². The van der Waals surface area contributed by atoms with Gasteiger partial charge in [0.1, 0.15) is 0 Å². The monoisotopic (exact) mass is 406 g/mol. The molecule has 1 unspecified atom stereocenters. The number of carbonyl (C=O) groups is 2. The molecule has 3 N–H and O–H groups in total. The van der Waals surface area contributed by atoms with Crippen molar-refractivity contribution in [3.05, 3.63) is 42.2 Å². The molecule has 3 aliphatic rings. The molecule has 5 rings (SSSR count). The lowest BCUT2D eigenvalue weighted by molar-refractivity contribution is -0.126. The minimum atomic E-state index is -0.267. The van der Waals surface area contributed by atoms with Crippen molar-refractivity contribution >= 4 is 29.1 Å². The summed E-state index contributed by atoms with van der Waals surface area (Å²) in [7, 11) is 0. The predicted octanol–water partition coefficient (Wildman–Crippen LogP) is 1.96. The van der Waals surface area contributed by atoms with Crippen LogP contribution in [0.5, 0.6) is 0 Å². The van der Waals surface area contributed by atoms with Crippen LogP contribution in [-0.2, 0) is 16.1 Å². The van der Waals surface area contributed by atoms with Crippen molar-refractivity contribution in [1.29, 1.82) is 0 Å². The normalized spacial score (nSPS) is 21.5. The summed E-state index contributed by atoms with van der Waals surface area (Å²) in [6.45, 7) is 3.04. The second-order valence-corrected chi connectivity index (χ2v) is 8.73. The average Bonchev–Trinajstić information content (AvgIpc) is 3.13. The maximum atomic E-state index is 12.1. The van der Waals surface area contributed by atoms with Crippen LogP contribution >= 0.6 is 0 Å². The van der Waals surface area contributed by atoms with Gasteiger partial charge >= 0.3 is 0 Å². The van der Waals surface area contributed by atoms with Crippen LogP contribution in [0.1, 0.15) is 31.2 Å². The van der Waals surface area contributed by atoms with Crippen LogP contribution in [0, 0.1) is 11.3 Å². The average molecular weight is 406 g/mol. The Hall–Kier alpha value is -3.16. The van der Waals surface area contributed by atoms with Crippen molar-refractivity contribution in [2.75, 3.05) is 29.9 Å². The fourth-order valence-electron chi connectivity index (χ4n) is 4.44. The molecule has 1 saturated carbocycles. The van der Waals surface area contributed by atoms with Crippen LogP contribution in [0.15, 0.2) is 36.7 Å². The molecular formula is C22H26N6O2. The van der Waals surface area contributed by atoms with Gasteiger partial charge in [0.2, 0.25) is 17.8 Å². The maximum Gasteiger partial charge on any atom is 0.225 e. The minimum absolute atomic E-state index is 0.0604. The van der Waals surface area contributed by atoms with Gasteiger partial charge in [-0.15, -0.1) is 0 Å². The SMILES string of the molecule is O=C1CC(C(=O)NCc2ccc(Nc3cnc(N4CC5(CCC5)C4)nc3)cc2)CN1. The highest BCUT2D eigenvalue weighted by atomic mass is 16.2. The molecule has 2 aromatic rings. The lowest BCUT2D eigenvalue weighted by Gasteiger charge is -2.55. The second-order valence-electron chi connectivity index (χ2n) is 8.73. The zero-order chi connectivity index (χ0) is 20.6. The van der Waals surface area contributed by atoms with E-state index in [1.807, 2.05) is 36.7 Å². The van der Waals surface area contributed by atoms with Crippen LogP contribution in [0.3, 0.4) is 0 Å². The third-order valence-corrected chi connectivity index (χ3v) is 6.45. The van der Waals surface area contributed by atoms with Gasteiger partial charge < -0.3 is 20.9 Å². The molecule has 30 heavy (non-hydrogen) atoms. The summed E-state index contributed by atoms with van der Waals surface area (Å²) in [5.74, 6) is 0.397. The van der Waals surface area contributed by atoms with Crippen LogP contribution in [0.4, 0.5) is 17.3 Å². The summed E-state index contributed by atoms with van der Waals surface area (Å²) in [6.07, 6.45) is 7.97. The predicted molar refractivity (Wildman–Crippen MR) is 113 cm³/mol.